The van der Waals surface area contributed by atoms with Gasteiger partial charge in [-0.25, -0.2) is 8.42 Å². The SMILES string of the molecule is CCC(C)NC(=O)CN(c1cc(Cl)ccc1OC)S(=O)(=O)c1ccc(C)c([N+](=O)[O-])c1. The predicted octanol–water partition coefficient (Wildman–Crippen LogP) is 3.68. The Balaban J connectivity index is 2.64. The first-order valence-corrected chi connectivity index (χ1v) is 11.2. The van der Waals surface area contributed by atoms with E-state index in [0.717, 1.165) is 10.4 Å². The normalized spacial score (nSPS) is 12.2. The zero-order chi connectivity index (χ0) is 23.3. The van der Waals surface area contributed by atoms with E-state index < -0.39 is 27.4 Å². The van der Waals surface area contributed by atoms with E-state index >= 15 is 0 Å². The van der Waals surface area contributed by atoms with Crippen molar-refractivity contribution in [3.63, 3.8) is 0 Å². The molecule has 0 spiro atoms. The number of ether oxygens (including phenoxy) is 1. The number of methoxy groups -OCH3 is 1. The minimum Gasteiger partial charge on any atom is -0.495 e. The van der Waals surface area contributed by atoms with Crippen molar-refractivity contribution in [1.29, 1.82) is 0 Å². The number of aryl methyl sites for hydroxylation is 1. The molecule has 0 fully saturated rings. The summed E-state index contributed by atoms with van der Waals surface area (Å²) >= 11 is 6.08. The highest BCUT2D eigenvalue weighted by Crippen LogP contribution is 2.35. The third-order valence-corrected chi connectivity index (χ3v) is 6.67. The Hall–Kier alpha value is -2.85. The number of nitro benzene ring substituents is 1. The largest absolute Gasteiger partial charge is 0.495 e. The van der Waals surface area contributed by atoms with E-state index in [9.17, 15) is 23.3 Å². The molecule has 1 unspecified atom stereocenters. The lowest BCUT2D eigenvalue weighted by atomic mass is 10.2. The molecule has 0 radical (unpaired) electrons. The average molecular weight is 470 g/mol. The molecule has 31 heavy (non-hydrogen) atoms. The van der Waals surface area contributed by atoms with Crippen LogP contribution in [0.1, 0.15) is 25.8 Å². The fraction of sp³-hybridized carbons (Fsp3) is 0.350. The first-order valence-electron chi connectivity index (χ1n) is 9.42. The van der Waals surface area contributed by atoms with Crippen LogP contribution in [-0.2, 0) is 14.8 Å². The van der Waals surface area contributed by atoms with Crippen LogP contribution in [0.5, 0.6) is 5.75 Å². The lowest BCUT2D eigenvalue weighted by molar-refractivity contribution is -0.385. The quantitative estimate of drug-likeness (QED) is 0.442. The Morgan fingerprint density at radius 1 is 1.29 bits per heavy atom. The summed E-state index contributed by atoms with van der Waals surface area (Å²) in [5.41, 5.74) is 0.00557. The molecule has 168 valence electrons. The summed E-state index contributed by atoms with van der Waals surface area (Å²) in [5, 5.41) is 14.3. The third kappa shape index (κ3) is 5.65. The number of sulfonamides is 1. The third-order valence-electron chi connectivity index (χ3n) is 4.68. The van der Waals surface area contributed by atoms with Gasteiger partial charge in [0.2, 0.25) is 5.91 Å². The number of nitrogens with one attached hydrogen (secondary N) is 1. The molecule has 2 aromatic rings. The molecule has 0 saturated heterocycles. The molecule has 1 amide bonds. The number of carbonyl (C=O) groups is 1. The second kappa shape index (κ2) is 9.97. The molecule has 0 aliphatic carbocycles. The minimum atomic E-state index is -4.38. The van der Waals surface area contributed by atoms with E-state index in [1.807, 2.05) is 6.92 Å². The van der Waals surface area contributed by atoms with Gasteiger partial charge < -0.3 is 10.1 Å². The number of amides is 1. The van der Waals surface area contributed by atoms with Crippen LogP contribution < -0.4 is 14.4 Å². The number of carbonyl (C=O) groups excluding carboxylic acids is 1. The van der Waals surface area contributed by atoms with Crippen LogP contribution in [0.2, 0.25) is 5.02 Å². The standard InChI is InChI=1S/C20H24ClN3O6S/c1-5-14(3)22-20(25)12-23(18-10-15(21)7-9-19(18)30-4)31(28,29)16-8-6-13(2)17(11-16)24(26)27/h6-11,14H,5,12H2,1-4H3,(H,22,25). The number of hydrogen-bond acceptors (Lipinski definition) is 6. The van der Waals surface area contributed by atoms with E-state index in [1.54, 1.807) is 6.92 Å². The first kappa shape index (κ1) is 24.4. The van der Waals surface area contributed by atoms with Crippen LogP contribution in [0.4, 0.5) is 11.4 Å². The lowest BCUT2D eigenvalue weighted by Gasteiger charge is -2.26. The van der Waals surface area contributed by atoms with Crippen LogP contribution >= 0.6 is 11.6 Å². The van der Waals surface area contributed by atoms with Gasteiger partial charge in [-0.1, -0.05) is 24.6 Å². The predicted molar refractivity (Wildman–Crippen MR) is 118 cm³/mol. The molecule has 1 atom stereocenters. The van der Waals surface area contributed by atoms with Gasteiger partial charge in [0.1, 0.15) is 12.3 Å². The zero-order valence-electron chi connectivity index (χ0n) is 17.6. The van der Waals surface area contributed by atoms with Gasteiger partial charge in [0.25, 0.3) is 15.7 Å². The topological polar surface area (TPSA) is 119 Å². The summed E-state index contributed by atoms with van der Waals surface area (Å²) in [6.07, 6.45) is 0.656. The Morgan fingerprint density at radius 2 is 1.97 bits per heavy atom. The fourth-order valence-corrected chi connectivity index (χ4v) is 4.39. The van der Waals surface area contributed by atoms with Crippen molar-refractivity contribution >= 4 is 38.9 Å². The molecule has 0 bridgehead atoms. The number of hydrogen-bond donors (Lipinski definition) is 1. The fourth-order valence-electron chi connectivity index (χ4n) is 2.78. The van der Waals surface area contributed by atoms with E-state index in [2.05, 4.69) is 5.32 Å². The Kier molecular flexibility index (Phi) is 7.85. The van der Waals surface area contributed by atoms with Crippen LogP contribution in [0.15, 0.2) is 41.3 Å². The number of halogens is 1. The van der Waals surface area contributed by atoms with Crippen LogP contribution in [0.3, 0.4) is 0 Å². The molecule has 0 saturated carbocycles. The summed E-state index contributed by atoms with van der Waals surface area (Å²) in [5.74, 6) is -0.368. The van der Waals surface area contributed by atoms with Crippen LogP contribution in [-0.4, -0.2) is 38.9 Å². The summed E-state index contributed by atoms with van der Waals surface area (Å²) in [7, 11) is -3.03. The molecule has 0 aromatic heterocycles. The van der Waals surface area contributed by atoms with Gasteiger partial charge >= 0.3 is 0 Å². The summed E-state index contributed by atoms with van der Waals surface area (Å²) in [4.78, 5) is 22.9. The van der Waals surface area contributed by atoms with Crippen molar-refractivity contribution in [3.8, 4) is 5.75 Å². The van der Waals surface area contributed by atoms with Crippen molar-refractivity contribution in [2.24, 2.45) is 0 Å². The van der Waals surface area contributed by atoms with Crippen LogP contribution in [0.25, 0.3) is 0 Å². The van der Waals surface area contributed by atoms with E-state index in [0.29, 0.717) is 12.0 Å². The van der Waals surface area contributed by atoms with E-state index in [-0.39, 0.29) is 33.1 Å². The maximum atomic E-state index is 13.5. The van der Waals surface area contributed by atoms with Gasteiger partial charge in [0, 0.05) is 22.7 Å². The van der Waals surface area contributed by atoms with Gasteiger partial charge in [-0.05, 0) is 44.5 Å². The lowest BCUT2D eigenvalue weighted by Crippen LogP contribution is -2.43. The first-order chi connectivity index (χ1) is 14.5. The number of benzene rings is 2. The number of anilines is 1. The Labute approximate surface area is 186 Å². The second-order valence-corrected chi connectivity index (χ2v) is 9.21. The number of nitro groups is 1. The van der Waals surface area contributed by atoms with Crippen molar-refractivity contribution in [3.05, 3.63) is 57.1 Å². The van der Waals surface area contributed by atoms with Gasteiger partial charge in [-0.3, -0.25) is 19.2 Å². The summed E-state index contributed by atoms with van der Waals surface area (Å²) in [6, 6.07) is 7.76. The molecule has 0 aliphatic rings. The van der Waals surface area contributed by atoms with Crippen molar-refractivity contribution < 1.29 is 22.9 Å². The Morgan fingerprint density at radius 3 is 2.55 bits per heavy atom. The zero-order valence-corrected chi connectivity index (χ0v) is 19.2. The maximum absolute atomic E-state index is 13.5. The molecule has 11 heteroatoms. The molecule has 2 rings (SSSR count). The van der Waals surface area contributed by atoms with Crippen molar-refractivity contribution in [2.45, 2.75) is 38.1 Å². The number of rotatable bonds is 9. The van der Waals surface area contributed by atoms with Crippen LogP contribution in [0, 0.1) is 17.0 Å². The van der Waals surface area contributed by atoms with Crippen molar-refractivity contribution in [1.82, 2.24) is 5.32 Å². The molecule has 1 N–H and O–H groups in total. The monoisotopic (exact) mass is 469 g/mol. The molecule has 0 heterocycles. The van der Waals surface area contributed by atoms with E-state index in [4.69, 9.17) is 16.3 Å². The van der Waals surface area contributed by atoms with Gasteiger partial charge in [-0.15, -0.1) is 0 Å². The molecule has 9 nitrogen and oxygen atoms in total. The second-order valence-electron chi connectivity index (χ2n) is 6.91. The maximum Gasteiger partial charge on any atom is 0.273 e. The molecule has 0 aliphatic heterocycles. The van der Waals surface area contributed by atoms with Gasteiger partial charge in [0.15, 0.2) is 0 Å². The minimum absolute atomic E-state index is 0.0394. The summed E-state index contributed by atoms with van der Waals surface area (Å²) < 4.78 is 33.1. The van der Waals surface area contributed by atoms with E-state index in [1.165, 1.54) is 44.4 Å². The average Bonchev–Trinajstić information content (AvgIpc) is 2.71. The number of nitrogens with zero attached hydrogens (tertiary/aromatic N) is 2. The summed E-state index contributed by atoms with van der Waals surface area (Å²) in [6.45, 7) is 4.61. The highest BCUT2D eigenvalue weighted by molar-refractivity contribution is 7.92. The molecular weight excluding hydrogens is 446 g/mol. The van der Waals surface area contributed by atoms with Crippen molar-refractivity contribution in [2.75, 3.05) is 18.0 Å². The van der Waals surface area contributed by atoms with Gasteiger partial charge in [0.05, 0.1) is 22.6 Å². The van der Waals surface area contributed by atoms with Gasteiger partial charge in [-0.2, -0.15) is 0 Å². The highest BCUT2D eigenvalue weighted by Gasteiger charge is 2.31. The smallest absolute Gasteiger partial charge is 0.273 e. The Bertz CT molecular complexity index is 1090. The highest BCUT2D eigenvalue weighted by atomic mass is 35.5. The molecular formula is C20H24ClN3O6S. The molecule has 2 aromatic carbocycles.